The van der Waals surface area contributed by atoms with Gasteiger partial charge in [-0.15, -0.1) is 0 Å². The van der Waals surface area contributed by atoms with Crippen molar-refractivity contribution in [1.82, 2.24) is 0 Å². The molecule has 0 atom stereocenters. The number of aryl methyl sites for hydroxylation is 2. The van der Waals surface area contributed by atoms with Crippen molar-refractivity contribution in [3.63, 3.8) is 0 Å². The van der Waals surface area contributed by atoms with E-state index in [9.17, 15) is 5.11 Å². The molecular weight excluding hydrogens is 385 g/mol. The Balaban J connectivity index is 2.34. The van der Waals surface area contributed by atoms with E-state index in [1.165, 1.54) is 5.56 Å². The van der Waals surface area contributed by atoms with Crippen molar-refractivity contribution in [2.24, 2.45) is 0 Å². The monoisotopic (exact) mass is 400 g/mol. The van der Waals surface area contributed by atoms with E-state index in [1.807, 2.05) is 10.1 Å². The minimum atomic E-state index is -0.283. The predicted molar refractivity (Wildman–Crippen MR) is 81.4 cm³/mol. The Morgan fingerprint density at radius 3 is 2.70 bits per heavy atom. The predicted octanol–water partition coefficient (Wildman–Crippen LogP) is 1.74. The fourth-order valence-corrected chi connectivity index (χ4v) is 3.88. The van der Waals surface area contributed by atoms with Crippen molar-refractivity contribution < 1.29 is 26.3 Å². The van der Waals surface area contributed by atoms with Gasteiger partial charge in [0.2, 0.25) is 0 Å². The van der Waals surface area contributed by atoms with E-state index in [2.05, 4.69) is 42.0 Å². The van der Waals surface area contributed by atoms with Gasteiger partial charge in [-0.05, 0) is 0 Å². The summed E-state index contributed by atoms with van der Waals surface area (Å²) in [4.78, 5) is 0. The molecule has 1 aliphatic heterocycles. The molecule has 0 unspecified atom stereocenters. The first-order valence-electron chi connectivity index (χ1n) is 6.10. The third-order valence-electron chi connectivity index (χ3n) is 2.87. The Morgan fingerprint density at radius 2 is 2.05 bits per heavy atom. The molecule has 0 amide bonds. The first kappa shape index (κ1) is 15.2. The van der Waals surface area contributed by atoms with Gasteiger partial charge in [-0.2, -0.15) is 0 Å². The molecule has 1 heterocycles. The summed E-state index contributed by atoms with van der Waals surface area (Å²) in [5.41, 5.74) is 4.92. The van der Waals surface area contributed by atoms with Crippen LogP contribution in [0.2, 0.25) is 0 Å². The van der Waals surface area contributed by atoms with Crippen molar-refractivity contribution in [3.05, 3.63) is 72.2 Å². The molecular formula is C16H16ClINO-. The van der Waals surface area contributed by atoms with Gasteiger partial charge in [0.15, 0.2) is 0 Å². The summed E-state index contributed by atoms with van der Waals surface area (Å²) in [5.74, 6) is 0.0194. The van der Waals surface area contributed by atoms with E-state index < -0.39 is 0 Å². The summed E-state index contributed by atoms with van der Waals surface area (Å²) in [5, 5.41) is 13.8. The molecule has 4 heteroatoms. The van der Waals surface area contributed by atoms with Crippen LogP contribution in [-0.4, -0.2) is 5.11 Å². The standard InChI is InChI=1S/C16H16ClINO/c1-10-4-5-15(11(2)6-10)19-16-9-18-8-13(17)7-14(16)12(3)20/h4-9,19-20H,3H2,1-2H3/q-1. The average molecular weight is 401 g/mol. The van der Waals surface area contributed by atoms with Gasteiger partial charge in [-0.3, -0.25) is 0 Å². The van der Waals surface area contributed by atoms with E-state index in [4.69, 9.17) is 11.6 Å². The summed E-state index contributed by atoms with van der Waals surface area (Å²) in [6.45, 7) is 7.74. The van der Waals surface area contributed by atoms with Crippen LogP contribution >= 0.6 is 11.6 Å². The zero-order chi connectivity index (χ0) is 14.7. The van der Waals surface area contributed by atoms with E-state index >= 15 is 0 Å². The molecule has 0 radical (unpaired) electrons. The van der Waals surface area contributed by atoms with Gasteiger partial charge in [-0.1, -0.05) is 0 Å². The second-order valence-electron chi connectivity index (χ2n) is 4.59. The molecule has 2 rings (SSSR count). The number of anilines is 1. The molecule has 106 valence electrons. The number of halogens is 2. The summed E-state index contributed by atoms with van der Waals surface area (Å²) in [6.07, 6.45) is 1.75. The summed E-state index contributed by atoms with van der Waals surface area (Å²) in [6, 6.07) is 6.22. The van der Waals surface area contributed by atoms with Crippen molar-refractivity contribution in [2.45, 2.75) is 13.8 Å². The molecule has 0 saturated heterocycles. The molecule has 0 aromatic heterocycles. The summed E-state index contributed by atoms with van der Waals surface area (Å²) >= 11 is 5.80. The molecule has 1 aromatic rings. The van der Waals surface area contributed by atoms with Crippen molar-refractivity contribution >= 4 is 17.3 Å². The van der Waals surface area contributed by atoms with Gasteiger partial charge < -0.3 is 0 Å². The van der Waals surface area contributed by atoms with E-state index in [0.29, 0.717) is 10.6 Å². The van der Waals surface area contributed by atoms with Crippen LogP contribution in [0.5, 0.6) is 0 Å². The van der Waals surface area contributed by atoms with E-state index in [0.717, 1.165) is 16.9 Å². The Hall–Kier alpha value is -1.20. The van der Waals surface area contributed by atoms with Gasteiger partial charge in [-0.25, -0.2) is 0 Å². The number of aliphatic hydroxyl groups is 1. The third kappa shape index (κ3) is 3.67. The fourth-order valence-electron chi connectivity index (χ4n) is 1.89. The summed E-state index contributed by atoms with van der Waals surface area (Å²) < 4.78 is 4.10. The van der Waals surface area contributed by atoms with E-state index in [1.54, 1.807) is 6.08 Å². The number of nitrogens with one attached hydrogen (secondary N) is 1. The number of rotatable bonds is 3. The van der Waals surface area contributed by atoms with Crippen molar-refractivity contribution in [1.29, 1.82) is 0 Å². The van der Waals surface area contributed by atoms with Crippen LogP contribution in [0.1, 0.15) is 11.1 Å². The molecule has 1 aromatic carbocycles. The Bertz CT molecular complexity index is 644. The van der Waals surface area contributed by atoms with Crippen LogP contribution < -0.4 is 26.5 Å². The second kappa shape index (κ2) is 6.50. The normalized spacial score (nSPS) is 15.2. The average Bonchev–Trinajstić information content (AvgIpc) is 2.55. The van der Waals surface area contributed by atoms with Gasteiger partial charge >= 0.3 is 135 Å². The number of aliphatic hydroxyl groups excluding tert-OH is 1. The summed E-state index contributed by atoms with van der Waals surface area (Å²) in [7, 11) is 0. The fraction of sp³-hybridized carbons (Fsp3) is 0.125. The molecule has 0 spiro atoms. The first-order valence-corrected chi connectivity index (χ1v) is 8.96. The molecule has 0 bridgehead atoms. The SMILES string of the molecule is C=C(O)C1=CC(Cl)=C[I-]C=C1Nc1ccc(C)cc1C. The number of hydrogen-bond donors (Lipinski definition) is 2. The number of allylic oxidation sites excluding steroid dienone is 2. The number of hydrogen-bond acceptors (Lipinski definition) is 2. The Kier molecular flexibility index (Phi) is 4.94. The molecule has 0 fully saturated rings. The van der Waals surface area contributed by atoms with Crippen LogP contribution in [0.3, 0.4) is 0 Å². The quantitative estimate of drug-likeness (QED) is 0.598. The molecule has 0 saturated carbocycles. The van der Waals surface area contributed by atoms with Crippen molar-refractivity contribution in [3.8, 4) is 0 Å². The molecule has 0 aliphatic carbocycles. The zero-order valence-corrected chi connectivity index (χ0v) is 14.3. The van der Waals surface area contributed by atoms with Gasteiger partial charge in [0.25, 0.3) is 0 Å². The number of benzene rings is 1. The van der Waals surface area contributed by atoms with Gasteiger partial charge in [0.05, 0.1) is 0 Å². The molecule has 2 nitrogen and oxygen atoms in total. The van der Waals surface area contributed by atoms with E-state index in [-0.39, 0.29) is 27.0 Å². The molecule has 20 heavy (non-hydrogen) atoms. The van der Waals surface area contributed by atoms with Crippen LogP contribution in [0, 0.1) is 13.8 Å². The van der Waals surface area contributed by atoms with Crippen LogP contribution in [0.15, 0.2) is 61.1 Å². The van der Waals surface area contributed by atoms with Crippen LogP contribution in [0.25, 0.3) is 0 Å². The third-order valence-corrected chi connectivity index (χ3v) is 5.47. The molecule has 2 N–H and O–H groups in total. The molecule has 1 aliphatic rings. The topological polar surface area (TPSA) is 32.3 Å². The Morgan fingerprint density at radius 1 is 1.30 bits per heavy atom. The minimum absolute atomic E-state index is 0.0194. The maximum absolute atomic E-state index is 9.76. The van der Waals surface area contributed by atoms with Gasteiger partial charge in [0, 0.05) is 0 Å². The second-order valence-corrected chi connectivity index (χ2v) is 6.99. The Labute approximate surface area is 134 Å². The van der Waals surface area contributed by atoms with Crippen molar-refractivity contribution in [2.75, 3.05) is 5.32 Å². The van der Waals surface area contributed by atoms with Crippen LogP contribution in [0.4, 0.5) is 5.69 Å². The first-order chi connectivity index (χ1) is 9.47. The van der Waals surface area contributed by atoms with Gasteiger partial charge in [0.1, 0.15) is 0 Å². The van der Waals surface area contributed by atoms with Crippen LogP contribution in [-0.2, 0) is 0 Å². The zero-order valence-electron chi connectivity index (χ0n) is 11.4. The maximum atomic E-state index is 9.76.